The maximum absolute atomic E-state index is 12.0. The van der Waals surface area contributed by atoms with E-state index in [0.717, 1.165) is 37.2 Å². The first-order chi connectivity index (χ1) is 7.58. The van der Waals surface area contributed by atoms with Gasteiger partial charge in [0.05, 0.1) is 11.7 Å². The van der Waals surface area contributed by atoms with Gasteiger partial charge in [-0.05, 0) is 52.9 Å². The summed E-state index contributed by atoms with van der Waals surface area (Å²) in [6.07, 6.45) is 2.04. The molecule has 1 saturated heterocycles. The first kappa shape index (κ1) is 11.3. The third-order valence-electron chi connectivity index (χ3n) is 3.27. The Bertz CT molecular complexity index is 430. The van der Waals surface area contributed by atoms with Crippen LogP contribution in [0.25, 0.3) is 0 Å². The molecule has 0 saturated carbocycles. The minimum atomic E-state index is 0.0696. The van der Waals surface area contributed by atoms with Crippen LogP contribution in [0.15, 0.2) is 10.9 Å². The van der Waals surface area contributed by atoms with Crippen LogP contribution in [0.5, 0.6) is 0 Å². The SMILES string of the molecule is Cc1cc(C)c(=O)n(C2CCN(C)CC2)n1. The van der Waals surface area contributed by atoms with E-state index in [0.29, 0.717) is 0 Å². The first-order valence-corrected chi connectivity index (χ1v) is 5.83. The highest BCUT2D eigenvalue weighted by Crippen LogP contribution is 2.19. The van der Waals surface area contributed by atoms with Crippen molar-refractivity contribution >= 4 is 0 Å². The summed E-state index contributed by atoms with van der Waals surface area (Å²) < 4.78 is 1.69. The lowest BCUT2D eigenvalue weighted by Crippen LogP contribution is -2.37. The molecule has 1 aromatic heterocycles. The highest BCUT2D eigenvalue weighted by molar-refractivity contribution is 5.10. The van der Waals surface area contributed by atoms with E-state index >= 15 is 0 Å². The Hall–Kier alpha value is -1.16. The molecule has 1 aliphatic heterocycles. The molecule has 0 atom stereocenters. The lowest BCUT2D eigenvalue weighted by Gasteiger charge is -2.29. The fraction of sp³-hybridized carbons (Fsp3) is 0.667. The van der Waals surface area contributed by atoms with Crippen molar-refractivity contribution in [3.8, 4) is 0 Å². The number of aromatic nitrogens is 2. The Labute approximate surface area is 95.9 Å². The van der Waals surface area contributed by atoms with E-state index in [4.69, 9.17) is 0 Å². The molecule has 0 amide bonds. The fourth-order valence-corrected chi connectivity index (χ4v) is 2.29. The van der Waals surface area contributed by atoms with Crippen molar-refractivity contribution in [2.75, 3.05) is 20.1 Å². The molecule has 2 rings (SSSR count). The molecular formula is C12H19N3O. The summed E-state index contributed by atoms with van der Waals surface area (Å²) in [5, 5.41) is 4.37. The summed E-state index contributed by atoms with van der Waals surface area (Å²) in [5.74, 6) is 0. The van der Waals surface area contributed by atoms with Gasteiger partial charge in [0.2, 0.25) is 0 Å². The Morgan fingerprint density at radius 2 is 1.94 bits per heavy atom. The molecule has 1 aromatic rings. The standard InChI is InChI=1S/C12H19N3O/c1-9-8-10(2)13-15(12(9)16)11-4-6-14(3)7-5-11/h8,11H,4-7H2,1-3H3. The van der Waals surface area contributed by atoms with Crippen LogP contribution >= 0.6 is 0 Å². The molecular weight excluding hydrogens is 202 g/mol. The van der Waals surface area contributed by atoms with Gasteiger partial charge >= 0.3 is 0 Å². The maximum Gasteiger partial charge on any atom is 0.269 e. The second-order valence-corrected chi connectivity index (χ2v) is 4.75. The molecule has 0 aliphatic carbocycles. The summed E-state index contributed by atoms with van der Waals surface area (Å²) in [6.45, 7) is 5.90. The molecule has 4 nitrogen and oxygen atoms in total. The number of aryl methyl sites for hydroxylation is 2. The van der Waals surface area contributed by atoms with Gasteiger partial charge in [0.15, 0.2) is 0 Å². The largest absolute Gasteiger partial charge is 0.306 e. The maximum atomic E-state index is 12.0. The number of rotatable bonds is 1. The second kappa shape index (κ2) is 4.37. The van der Waals surface area contributed by atoms with Crippen molar-refractivity contribution in [2.45, 2.75) is 32.7 Å². The van der Waals surface area contributed by atoms with E-state index in [9.17, 15) is 4.79 Å². The smallest absolute Gasteiger partial charge is 0.269 e. The van der Waals surface area contributed by atoms with Crippen LogP contribution in [0.2, 0.25) is 0 Å². The van der Waals surface area contributed by atoms with Crippen LogP contribution in [0.4, 0.5) is 0 Å². The molecule has 0 aromatic carbocycles. The molecule has 0 bridgehead atoms. The van der Waals surface area contributed by atoms with Crippen LogP contribution in [0.3, 0.4) is 0 Å². The molecule has 4 heteroatoms. The van der Waals surface area contributed by atoms with Crippen LogP contribution in [0, 0.1) is 13.8 Å². The number of nitrogens with zero attached hydrogens (tertiary/aromatic N) is 3. The third kappa shape index (κ3) is 2.16. The molecule has 88 valence electrons. The van der Waals surface area contributed by atoms with E-state index in [1.807, 2.05) is 19.9 Å². The minimum Gasteiger partial charge on any atom is -0.306 e. The average molecular weight is 221 g/mol. The topological polar surface area (TPSA) is 38.1 Å². The molecule has 0 spiro atoms. The number of piperidine rings is 1. The van der Waals surface area contributed by atoms with Gasteiger partial charge in [-0.1, -0.05) is 0 Å². The number of hydrogen-bond acceptors (Lipinski definition) is 3. The average Bonchev–Trinajstić information content (AvgIpc) is 2.25. The van der Waals surface area contributed by atoms with E-state index < -0.39 is 0 Å². The van der Waals surface area contributed by atoms with Crippen LogP contribution in [0.1, 0.15) is 30.1 Å². The molecule has 1 fully saturated rings. The minimum absolute atomic E-state index is 0.0696. The van der Waals surface area contributed by atoms with Crippen molar-refractivity contribution in [1.29, 1.82) is 0 Å². The van der Waals surface area contributed by atoms with Crippen molar-refractivity contribution in [1.82, 2.24) is 14.7 Å². The second-order valence-electron chi connectivity index (χ2n) is 4.75. The fourth-order valence-electron chi connectivity index (χ4n) is 2.29. The Morgan fingerprint density at radius 3 is 2.56 bits per heavy atom. The number of likely N-dealkylation sites (tertiary alicyclic amines) is 1. The summed E-state index contributed by atoms with van der Waals surface area (Å²) in [6, 6.07) is 2.13. The quantitative estimate of drug-likeness (QED) is 0.713. The first-order valence-electron chi connectivity index (χ1n) is 5.83. The van der Waals surface area contributed by atoms with Crippen molar-refractivity contribution < 1.29 is 0 Å². The zero-order valence-electron chi connectivity index (χ0n) is 10.2. The summed E-state index contributed by atoms with van der Waals surface area (Å²) in [7, 11) is 2.12. The summed E-state index contributed by atoms with van der Waals surface area (Å²) in [4.78, 5) is 14.3. The molecule has 0 N–H and O–H groups in total. The van der Waals surface area contributed by atoms with Gasteiger partial charge in [-0.15, -0.1) is 0 Å². The van der Waals surface area contributed by atoms with E-state index in [1.54, 1.807) is 4.68 Å². The van der Waals surface area contributed by atoms with E-state index in [2.05, 4.69) is 17.0 Å². The Balaban J connectivity index is 2.30. The van der Waals surface area contributed by atoms with Crippen LogP contribution < -0.4 is 5.56 Å². The van der Waals surface area contributed by atoms with Gasteiger partial charge in [-0.2, -0.15) is 5.10 Å². The lowest BCUT2D eigenvalue weighted by atomic mass is 10.1. The van der Waals surface area contributed by atoms with Gasteiger partial charge in [0.25, 0.3) is 5.56 Å². The molecule has 16 heavy (non-hydrogen) atoms. The van der Waals surface area contributed by atoms with Gasteiger partial charge in [-0.25, -0.2) is 4.68 Å². The van der Waals surface area contributed by atoms with E-state index in [-0.39, 0.29) is 11.6 Å². The molecule has 2 heterocycles. The summed E-state index contributed by atoms with van der Waals surface area (Å²) >= 11 is 0. The zero-order valence-corrected chi connectivity index (χ0v) is 10.2. The lowest BCUT2D eigenvalue weighted by molar-refractivity contribution is 0.207. The van der Waals surface area contributed by atoms with Crippen molar-refractivity contribution in [2.24, 2.45) is 0 Å². The van der Waals surface area contributed by atoms with E-state index in [1.165, 1.54) is 0 Å². The molecule has 1 aliphatic rings. The Kier molecular flexibility index (Phi) is 3.10. The summed E-state index contributed by atoms with van der Waals surface area (Å²) in [5.41, 5.74) is 1.79. The van der Waals surface area contributed by atoms with Gasteiger partial charge in [0, 0.05) is 5.56 Å². The van der Waals surface area contributed by atoms with Crippen LogP contribution in [-0.2, 0) is 0 Å². The molecule has 0 unspecified atom stereocenters. The highest BCUT2D eigenvalue weighted by Gasteiger charge is 2.20. The van der Waals surface area contributed by atoms with Gasteiger partial charge in [0.1, 0.15) is 0 Å². The van der Waals surface area contributed by atoms with Gasteiger partial charge < -0.3 is 4.90 Å². The number of hydrogen-bond donors (Lipinski definition) is 0. The van der Waals surface area contributed by atoms with Crippen molar-refractivity contribution in [3.05, 3.63) is 27.7 Å². The van der Waals surface area contributed by atoms with Gasteiger partial charge in [-0.3, -0.25) is 4.79 Å². The zero-order chi connectivity index (χ0) is 11.7. The van der Waals surface area contributed by atoms with Crippen LogP contribution in [-0.4, -0.2) is 34.8 Å². The molecule has 0 radical (unpaired) electrons. The monoisotopic (exact) mass is 221 g/mol. The predicted molar refractivity (Wildman–Crippen MR) is 63.7 cm³/mol. The Morgan fingerprint density at radius 1 is 1.31 bits per heavy atom. The highest BCUT2D eigenvalue weighted by atomic mass is 16.1. The predicted octanol–water partition coefficient (Wildman–Crippen LogP) is 1.13. The third-order valence-corrected chi connectivity index (χ3v) is 3.27. The van der Waals surface area contributed by atoms with Crippen molar-refractivity contribution in [3.63, 3.8) is 0 Å². The normalized spacial score (nSPS) is 18.9.